The third-order valence-corrected chi connectivity index (χ3v) is 3.74. The second kappa shape index (κ2) is 7.49. The quantitative estimate of drug-likeness (QED) is 0.416. The van der Waals surface area contributed by atoms with Gasteiger partial charge in [-0.2, -0.15) is 5.17 Å². The highest BCUT2D eigenvalue weighted by Crippen LogP contribution is 2.23. The first-order valence-electron chi connectivity index (χ1n) is 7.11. The van der Waals surface area contributed by atoms with Crippen LogP contribution in [0.3, 0.4) is 0 Å². The van der Waals surface area contributed by atoms with Gasteiger partial charge in [-0.25, -0.2) is 14.4 Å². The normalized spacial score (nSPS) is 23.0. The summed E-state index contributed by atoms with van der Waals surface area (Å²) in [6.45, 7) is 2.74. The molecule has 23 heavy (non-hydrogen) atoms. The summed E-state index contributed by atoms with van der Waals surface area (Å²) >= 11 is 5.89. The van der Waals surface area contributed by atoms with Crippen LogP contribution in [0.5, 0.6) is 0 Å². The Balaban J connectivity index is 2.22. The Morgan fingerprint density at radius 1 is 1.48 bits per heavy atom. The molecule has 2 aliphatic heterocycles. The van der Waals surface area contributed by atoms with E-state index in [0.717, 1.165) is 24.6 Å². The van der Waals surface area contributed by atoms with Crippen molar-refractivity contribution in [3.8, 4) is 0 Å². The second-order valence-corrected chi connectivity index (χ2v) is 5.59. The number of nitrogens with zero attached hydrogens (tertiary/aromatic N) is 1. The number of carbonyl (C=O) groups is 2. The lowest BCUT2D eigenvalue weighted by Crippen LogP contribution is -2.45. The number of rotatable bonds is 6. The van der Waals surface area contributed by atoms with E-state index in [1.165, 1.54) is 12.2 Å². The zero-order valence-corrected chi connectivity index (χ0v) is 13.2. The molecule has 9 heteroatoms. The van der Waals surface area contributed by atoms with E-state index in [9.17, 15) is 14.7 Å². The van der Waals surface area contributed by atoms with Crippen LogP contribution in [0.15, 0.2) is 34.7 Å². The molecule has 1 saturated heterocycles. The average Bonchev–Trinajstić information content (AvgIpc) is 2.99. The van der Waals surface area contributed by atoms with Gasteiger partial charge in [-0.1, -0.05) is 11.6 Å². The van der Waals surface area contributed by atoms with E-state index in [-0.39, 0.29) is 23.0 Å². The Kier molecular flexibility index (Phi) is 5.64. The number of carboxylic acid groups (broad SMARTS) is 2. The molecule has 2 unspecified atom stereocenters. The van der Waals surface area contributed by atoms with E-state index >= 15 is 0 Å². The monoisotopic (exact) mass is 343 g/mol. The van der Waals surface area contributed by atoms with Crippen molar-refractivity contribution in [2.24, 2.45) is 0 Å². The van der Waals surface area contributed by atoms with Crippen molar-refractivity contribution in [2.75, 3.05) is 6.54 Å². The Labute approximate surface area is 138 Å². The largest absolute Gasteiger partial charge is 0.478 e. The lowest BCUT2D eigenvalue weighted by Gasteiger charge is -2.33. The molecule has 4 N–H and O–H groups in total. The highest BCUT2D eigenvalue weighted by atomic mass is 35.5. The molecule has 0 aromatic carbocycles. The molecule has 2 heterocycles. The Morgan fingerprint density at radius 2 is 2.22 bits per heavy atom. The predicted octanol–water partition coefficient (Wildman–Crippen LogP) is 0.938. The fourth-order valence-corrected chi connectivity index (χ4v) is 2.56. The maximum absolute atomic E-state index is 11.4. The first-order chi connectivity index (χ1) is 10.9. The van der Waals surface area contributed by atoms with Crippen LogP contribution in [0.1, 0.15) is 19.8 Å². The number of hydrazine groups is 1. The van der Waals surface area contributed by atoms with Crippen LogP contribution in [-0.2, 0) is 14.4 Å². The van der Waals surface area contributed by atoms with Crippen molar-refractivity contribution in [3.05, 3.63) is 34.7 Å². The van der Waals surface area contributed by atoms with Gasteiger partial charge in [-0.15, -0.1) is 0 Å². The van der Waals surface area contributed by atoms with Crippen molar-refractivity contribution in [1.29, 1.82) is 0 Å². The third-order valence-electron chi connectivity index (χ3n) is 3.53. The number of halogens is 1. The van der Waals surface area contributed by atoms with Gasteiger partial charge < -0.3 is 15.5 Å². The number of hydrogen-bond acceptors (Lipinski definition) is 6. The molecule has 2 rings (SSSR count). The van der Waals surface area contributed by atoms with Crippen LogP contribution < -0.4 is 10.7 Å². The van der Waals surface area contributed by atoms with Crippen LogP contribution in [-0.4, -0.2) is 46.0 Å². The van der Waals surface area contributed by atoms with E-state index < -0.39 is 17.5 Å². The minimum absolute atomic E-state index is 0.0501. The molecule has 8 nitrogen and oxygen atoms in total. The minimum Gasteiger partial charge on any atom is -0.478 e. The summed E-state index contributed by atoms with van der Waals surface area (Å²) in [6.07, 6.45) is 5.13. The maximum atomic E-state index is 11.4. The molecule has 0 bridgehead atoms. The van der Waals surface area contributed by atoms with Crippen LogP contribution >= 0.6 is 11.6 Å². The van der Waals surface area contributed by atoms with E-state index in [2.05, 4.69) is 10.7 Å². The van der Waals surface area contributed by atoms with Gasteiger partial charge in [0.15, 0.2) is 0 Å². The number of allylic oxidation sites excluding steroid dienone is 2. The standard InChI is InChI=1S/C14H18ClN3O5/c1-8(10-3-2-6-16-10)23-18-11(4-5-12(15)17-18)9(14(21)22)7-13(19)20/h4-5,7-8,10,16-17H,2-3,6H2,1H3,(H,19,20)(H,21,22)/b9-7-. The summed E-state index contributed by atoms with van der Waals surface area (Å²) < 4.78 is 0. The van der Waals surface area contributed by atoms with Gasteiger partial charge >= 0.3 is 11.9 Å². The minimum atomic E-state index is -1.38. The topological polar surface area (TPSA) is 111 Å². The summed E-state index contributed by atoms with van der Waals surface area (Å²) in [5.41, 5.74) is 2.30. The third kappa shape index (κ3) is 4.47. The molecule has 1 fully saturated rings. The molecule has 0 amide bonds. The van der Waals surface area contributed by atoms with Crippen molar-refractivity contribution in [2.45, 2.75) is 31.9 Å². The van der Waals surface area contributed by atoms with Crippen LogP contribution in [0, 0.1) is 0 Å². The molecule has 0 aromatic rings. The summed E-state index contributed by atoms with van der Waals surface area (Å²) in [6, 6.07) is 0.125. The lowest BCUT2D eigenvalue weighted by molar-refractivity contribution is -0.199. The molecule has 0 radical (unpaired) electrons. The molecule has 2 atom stereocenters. The van der Waals surface area contributed by atoms with Crippen LogP contribution in [0.2, 0.25) is 0 Å². The average molecular weight is 344 g/mol. The summed E-state index contributed by atoms with van der Waals surface area (Å²) in [5.74, 6) is -2.75. The molecular weight excluding hydrogens is 326 g/mol. The number of carboxylic acids is 2. The van der Waals surface area contributed by atoms with Gasteiger partial charge in [0.05, 0.1) is 5.57 Å². The zero-order valence-electron chi connectivity index (χ0n) is 12.5. The number of hydrogen-bond donors (Lipinski definition) is 4. The number of hydroxylamine groups is 1. The maximum Gasteiger partial charge on any atom is 0.338 e. The van der Waals surface area contributed by atoms with Crippen LogP contribution in [0.25, 0.3) is 0 Å². The van der Waals surface area contributed by atoms with E-state index in [0.29, 0.717) is 6.08 Å². The van der Waals surface area contributed by atoms with Gasteiger partial charge in [0.2, 0.25) is 0 Å². The predicted molar refractivity (Wildman–Crippen MR) is 81.9 cm³/mol. The lowest BCUT2D eigenvalue weighted by atomic mass is 10.1. The number of nitrogens with one attached hydrogen (secondary N) is 2. The molecule has 0 saturated carbocycles. The fraction of sp³-hybridized carbons (Fsp3) is 0.429. The van der Waals surface area contributed by atoms with E-state index in [1.807, 2.05) is 6.92 Å². The highest BCUT2D eigenvalue weighted by molar-refractivity contribution is 6.29. The van der Waals surface area contributed by atoms with E-state index in [4.69, 9.17) is 21.5 Å². The van der Waals surface area contributed by atoms with Crippen molar-refractivity contribution in [1.82, 2.24) is 15.9 Å². The summed E-state index contributed by atoms with van der Waals surface area (Å²) in [7, 11) is 0. The van der Waals surface area contributed by atoms with Gasteiger partial charge in [-0.3, -0.25) is 5.43 Å². The summed E-state index contributed by atoms with van der Waals surface area (Å²) in [5, 5.41) is 22.7. The van der Waals surface area contributed by atoms with E-state index in [1.54, 1.807) is 0 Å². The van der Waals surface area contributed by atoms with Crippen molar-refractivity contribution >= 4 is 23.5 Å². The van der Waals surface area contributed by atoms with Gasteiger partial charge in [0, 0.05) is 12.1 Å². The Morgan fingerprint density at radius 3 is 2.78 bits per heavy atom. The second-order valence-electron chi connectivity index (χ2n) is 5.19. The molecule has 0 aromatic heterocycles. The molecule has 126 valence electrons. The smallest absolute Gasteiger partial charge is 0.338 e. The highest BCUT2D eigenvalue weighted by Gasteiger charge is 2.29. The molecule has 2 aliphatic rings. The molecular formula is C14H18ClN3O5. The van der Waals surface area contributed by atoms with Gasteiger partial charge in [0.25, 0.3) is 0 Å². The fourth-order valence-electron chi connectivity index (χ4n) is 2.42. The number of aliphatic carboxylic acids is 2. The van der Waals surface area contributed by atoms with Gasteiger partial charge in [-0.05, 0) is 38.5 Å². The zero-order chi connectivity index (χ0) is 17.0. The Hall–Kier alpha value is -2.03. The first kappa shape index (κ1) is 17.3. The van der Waals surface area contributed by atoms with Crippen molar-refractivity contribution in [3.63, 3.8) is 0 Å². The van der Waals surface area contributed by atoms with Crippen molar-refractivity contribution < 1.29 is 24.6 Å². The molecule has 0 spiro atoms. The summed E-state index contributed by atoms with van der Waals surface area (Å²) in [4.78, 5) is 28.0. The SMILES string of the molecule is CC(ON1NC(Cl)=CC=C1/C(=C/C(=O)O)C(=O)O)C1CCCN1. The molecule has 0 aliphatic carbocycles. The van der Waals surface area contributed by atoms with Crippen LogP contribution in [0.4, 0.5) is 0 Å². The Bertz CT molecular complexity index is 581. The first-order valence-corrected chi connectivity index (χ1v) is 7.49. The van der Waals surface area contributed by atoms with Gasteiger partial charge in [0.1, 0.15) is 17.0 Å².